The van der Waals surface area contributed by atoms with Crippen molar-refractivity contribution in [2.75, 3.05) is 13.2 Å². The summed E-state index contributed by atoms with van der Waals surface area (Å²) in [6, 6.07) is 15.5. The van der Waals surface area contributed by atoms with Gasteiger partial charge in [-0.1, -0.05) is 42.5 Å². The number of benzene rings is 2. The van der Waals surface area contributed by atoms with Gasteiger partial charge in [-0.2, -0.15) is 0 Å². The van der Waals surface area contributed by atoms with E-state index < -0.39 is 68.7 Å². The molecule has 2 saturated carbocycles. The summed E-state index contributed by atoms with van der Waals surface area (Å²) < 4.78 is 39.5. The van der Waals surface area contributed by atoms with Gasteiger partial charge in [0.2, 0.25) is 21.8 Å². The standard InChI is InChI=1S/C38H43N5O8S/c1-3-26-21-38(26,36(46)42-52(48,49)28-14-15-28)41-34(44)32-19-27-22-43(32)35(45)23(2)39-37(47)50-17-9-5-6-10-24-13-16-30-29(18-24)33(51-27)20-31(40-30)25-11-7-4-8-12-25/h3-4,7-8,11-13,16,18,20,23,26-28,32H,1,5-6,9-10,14-15,17,19,21-22H2,2H3,(H,39,47)(H,41,44)(H,42,46)/t23-,26+,27-,32-,38+/m0/s1. The third-order valence-electron chi connectivity index (χ3n) is 10.3. The molecule has 0 unspecified atom stereocenters. The van der Waals surface area contributed by atoms with Crippen molar-refractivity contribution in [3.8, 4) is 17.0 Å². The first kappa shape index (κ1) is 35.4. The molecule has 2 aliphatic carbocycles. The van der Waals surface area contributed by atoms with E-state index in [4.69, 9.17) is 14.5 Å². The van der Waals surface area contributed by atoms with Gasteiger partial charge in [0, 0.05) is 29.4 Å². The first-order valence-corrected chi connectivity index (χ1v) is 19.4. The average Bonchev–Trinajstić information content (AvgIpc) is 4.06. The van der Waals surface area contributed by atoms with E-state index in [9.17, 15) is 27.6 Å². The molecular formula is C38H43N5O8S. The SMILES string of the molecule is C=C[C@@H]1C[C@]1(NC(=O)[C@@H]1C[C@H]2CN1C(=O)[C@H](C)NC(=O)OCCCCCc1ccc3nc(-c4ccccc4)cc(c3c1)O2)C(=O)NS(=O)(=O)C1CC1. The number of pyridine rings is 1. The molecule has 52 heavy (non-hydrogen) atoms. The van der Waals surface area contributed by atoms with Crippen molar-refractivity contribution in [2.45, 2.75) is 87.3 Å². The highest BCUT2D eigenvalue weighted by atomic mass is 32.2. The predicted molar refractivity (Wildman–Crippen MR) is 192 cm³/mol. The molecule has 4 amide bonds. The summed E-state index contributed by atoms with van der Waals surface area (Å²) >= 11 is 0. The van der Waals surface area contributed by atoms with E-state index in [1.54, 1.807) is 0 Å². The normalized spacial score (nSPS) is 26.7. The van der Waals surface area contributed by atoms with Crippen LogP contribution in [0.15, 0.2) is 67.3 Å². The van der Waals surface area contributed by atoms with Gasteiger partial charge < -0.3 is 25.0 Å². The molecular weight excluding hydrogens is 687 g/mol. The molecule has 1 saturated heterocycles. The van der Waals surface area contributed by atoms with Crippen LogP contribution in [-0.2, 0) is 35.6 Å². The topological polar surface area (TPSA) is 173 Å². The number of aromatic nitrogens is 1. The van der Waals surface area contributed by atoms with Crippen LogP contribution in [0.1, 0.15) is 57.4 Å². The predicted octanol–water partition coefficient (Wildman–Crippen LogP) is 3.76. The largest absolute Gasteiger partial charge is 0.488 e. The second kappa shape index (κ2) is 14.2. The van der Waals surface area contributed by atoms with Crippen LogP contribution in [0, 0.1) is 5.92 Å². The Morgan fingerprint density at radius 2 is 1.87 bits per heavy atom. The van der Waals surface area contributed by atoms with Gasteiger partial charge in [0.1, 0.15) is 29.5 Å². The van der Waals surface area contributed by atoms with Gasteiger partial charge in [-0.3, -0.25) is 19.1 Å². The molecule has 3 fully saturated rings. The number of ether oxygens (including phenoxy) is 2. The quantitative estimate of drug-likeness (QED) is 0.306. The summed E-state index contributed by atoms with van der Waals surface area (Å²) in [5.74, 6) is -1.97. The summed E-state index contributed by atoms with van der Waals surface area (Å²) in [4.78, 5) is 60.5. The number of carbonyl (C=O) groups is 4. The Hall–Kier alpha value is -4.98. The molecule has 2 aromatic carbocycles. The third-order valence-corrected chi connectivity index (χ3v) is 12.2. The molecule has 7 rings (SSSR count). The average molecular weight is 730 g/mol. The van der Waals surface area contributed by atoms with Crippen molar-refractivity contribution in [3.05, 3.63) is 72.8 Å². The molecule has 14 heteroatoms. The number of cyclic esters (lactones) is 1. The van der Waals surface area contributed by atoms with Gasteiger partial charge in [0.05, 0.1) is 29.6 Å². The molecule has 4 bridgehead atoms. The molecule has 0 radical (unpaired) electrons. The van der Waals surface area contributed by atoms with E-state index in [1.807, 2.05) is 48.5 Å². The van der Waals surface area contributed by atoms with Gasteiger partial charge in [-0.15, -0.1) is 6.58 Å². The molecule has 0 spiro atoms. The van der Waals surface area contributed by atoms with Crippen molar-refractivity contribution in [1.29, 1.82) is 0 Å². The zero-order chi connectivity index (χ0) is 36.6. The maximum absolute atomic E-state index is 14.2. The number of alkyl carbamates (subject to hydrolysis) is 1. The molecule has 5 atom stereocenters. The van der Waals surface area contributed by atoms with Crippen LogP contribution in [0.3, 0.4) is 0 Å². The number of carbonyl (C=O) groups excluding carboxylic acids is 4. The Bertz CT molecular complexity index is 2020. The molecule has 3 N–H and O–H groups in total. The lowest BCUT2D eigenvalue weighted by atomic mass is 10.0. The number of sulfonamides is 1. The minimum Gasteiger partial charge on any atom is -0.488 e. The lowest BCUT2D eigenvalue weighted by molar-refractivity contribution is -0.140. The smallest absolute Gasteiger partial charge is 0.407 e. The van der Waals surface area contributed by atoms with E-state index in [0.717, 1.165) is 41.3 Å². The maximum Gasteiger partial charge on any atom is 0.407 e. The van der Waals surface area contributed by atoms with Crippen LogP contribution in [-0.4, -0.2) is 84.2 Å². The summed E-state index contributed by atoms with van der Waals surface area (Å²) in [6.45, 7) is 5.48. The highest BCUT2D eigenvalue weighted by Gasteiger charge is 2.62. The Morgan fingerprint density at radius 3 is 2.60 bits per heavy atom. The van der Waals surface area contributed by atoms with E-state index >= 15 is 0 Å². The number of nitrogens with one attached hydrogen (secondary N) is 3. The molecule has 2 aliphatic heterocycles. The number of amides is 4. The van der Waals surface area contributed by atoms with Crippen LogP contribution < -0.4 is 20.1 Å². The van der Waals surface area contributed by atoms with E-state index in [2.05, 4.69) is 28.0 Å². The van der Waals surface area contributed by atoms with E-state index in [0.29, 0.717) is 30.7 Å². The molecule has 1 aromatic heterocycles. The van der Waals surface area contributed by atoms with Gasteiger partial charge >= 0.3 is 6.09 Å². The van der Waals surface area contributed by atoms with Crippen LogP contribution in [0.25, 0.3) is 22.2 Å². The van der Waals surface area contributed by atoms with Gasteiger partial charge in [0.25, 0.3) is 5.91 Å². The van der Waals surface area contributed by atoms with Crippen molar-refractivity contribution in [3.63, 3.8) is 0 Å². The van der Waals surface area contributed by atoms with Crippen LogP contribution in [0.4, 0.5) is 4.79 Å². The first-order valence-electron chi connectivity index (χ1n) is 17.9. The molecule has 3 aromatic rings. The van der Waals surface area contributed by atoms with Crippen LogP contribution in [0.5, 0.6) is 5.75 Å². The minimum atomic E-state index is -3.88. The lowest BCUT2D eigenvalue weighted by Crippen LogP contribution is -2.58. The zero-order valence-corrected chi connectivity index (χ0v) is 29.8. The van der Waals surface area contributed by atoms with Gasteiger partial charge in [-0.05, 0) is 69.6 Å². The fourth-order valence-electron chi connectivity index (χ4n) is 7.13. The second-order valence-electron chi connectivity index (χ2n) is 14.2. The number of rotatable bonds is 7. The summed E-state index contributed by atoms with van der Waals surface area (Å²) in [7, 11) is -3.88. The lowest BCUT2D eigenvalue weighted by Gasteiger charge is -2.28. The molecule has 3 heterocycles. The Kier molecular flexibility index (Phi) is 9.68. The van der Waals surface area contributed by atoms with Crippen LogP contribution >= 0.6 is 0 Å². The highest BCUT2D eigenvalue weighted by molar-refractivity contribution is 7.91. The van der Waals surface area contributed by atoms with Crippen LogP contribution in [0.2, 0.25) is 0 Å². The Labute approximate surface area is 302 Å². The monoisotopic (exact) mass is 729 g/mol. The molecule has 13 nitrogen and oxygen atoms in total. The zero-order valence-electron chi connectivity index (χ0n) is 29.0. The molecule has 4 aliphatic rings. The second-order valence-corrected chi connectivity index (χ2v) is 16.2. The molecule has 274 valence electrons. The van der Waals surface area contributed by atoms with E-state index in [1.165, 1.54) is 17.9 Å². The number of nitrogens with zero attached hydrogens (tertiary/aromatic N) is 2. The first-order chi connectivity index (χ1) is 25.0. The summed E-state index contributed by atoms with van der Waals surface area (Å²) in [5, 5.41) is 5.54. The number of aryl methyl sites for hydroxylation is 1. The van der Waals surface area contributed by atoms with Crippen molar-refractivity contribution in [1.82, 2.24) is 25.2 Å². The Balaban J connectivity index is 1.21. The number of fused-ring (bicyclic) bond motifs is 3. The van der Waals surface area contributed by atoms with Crippen molar-refractivity contribution < 1.29 is 37.1 Å². The summed E-state index contributed by atoms with van der Waals surface area (Å²) in [6.07, 6.45) is 4.43. The highest BCUT2D eigenvalue weighted by Crippen LogP contribution is 2.45. The fourth-order valence-corrected chi connectivity index (χ4v) is 8.49. The van der Waals surface area contributed by atoms with Gasteiger partial charge in [-0.25, -0.2) is 18.2 Å². The number of hydrogen-bond acceptors (Lipinski definition) is 9. The van der Waals surface area contributed by atoms with Crippen molar-refractivity contribution in [2.24, 2.45) is 5.92 Å². The van der Waals surface area contributed by atoms with Gasteiger partial charge in [0.15, 0.2) is 0 Å². The fraction of sp³-hybridized carbons (Fsp3) is 0.447. The summed E-state index contributed by atoms with van der Waals surface area (Å²) in [5.41, 5.74) is 1.89. The number of hydrogen-bond donors (Lipinski definition) is 3. The third kappa shape index (κ3) is 7.34. The minimum absolute atomic E-state index is 0.00229. The van der Waals surface area contributed by atoms with Crippen molar-refractivity contribution >= 4 is 44.7 Å². The maximum atomic E-state index is 14.2. The van der Waals surface area contributed by atoms with E-state index in [-0.39, 0.29) is 26.0 Å². The Morgan fingerprint density at radius 1 is 1.08 bits per heavy atom.